The number of hydrogen-bond acceptors (Lipinski definition) is 4. The molecule has 0 aliphatic rings. The van der Waals surface area contributed by atoms with E-state index in [1.165, 1.54) is 22.3 Å². The minimum absolute atomic E-state index is 0.0560. The molecule has 0 fully saturated rings. The van der Waals surface area contributed by atoms with Crippen LogP contribution in [0.1, 0.15) is 137 Å². The SMILES string of the molecule is Cc1cc(-c2cc(C(C)(C)C)cc(C(C)(C)C)c2)c(O)c(-c2ccccc2OC(C)CC(C)Oc2ccccc2-c2cc(C)cc(-c3cc(C(C)(C)C)cc(C(C)(C)C)c3)c2O)c1. The van der Waals surface area contributed by atoms with Crippen LogP contribution in [0.25, 0.3) is 44.5 Å². The van der Waals surface area contributed by atoms with Crippen LogP contribution in [0.4, 0.5) is 0 Å². The minimum atomic E-state index is -0.219. The molecule has 4 nitrogen and oxygen atoms in total. The van der Waals surface area contributed by atoms with Gasteiger partial charge in [0.2, 0.25) is 0 Å². The van der Waals surface area contributed by atoms with Crippen LogP contribution in [0.3, 0.4) is 0 Å². The third-order valence-corrected chi connectivity index (χ3v) is 12.1. The van der Waals surface area contributed by atoms with Gasteiger partial charge in [0.15, 0.2) is 0 Å². The van der Waals surface area contributed by atoms with Crippen molar-refractivity contribution in [3.8, 4) is 67.5 Å². The summed E-state index contributed by atoms with van der Waals surface area (Å²) in [4.78, 5) is 0. The van der Waals surface area contributed by atoms with Crippen molar-refractivity contribution in [2.45, 2.75) is 151 Å². The molecule has 2 N–H and O–H groups in total. The Bertz CT molecular complexity index is 2360. The Balaban J connectivity index is 1.28. The first-order valence-corrected chi connectivity index (χ1v) is 22.7. The number of phenols is 2. The predicted molar refractivity (Wildman–Crippen MR) is 267 cm³/mol. The third kappa shape index (κ3) is 10.8. The summed E-state index contributed by atoms with van der Waals surface area (Å²) in [6.07, 6.45) is 0.163. The van der Waals surface area contributed by atoms with Crippen LogP contribution in [0.2, 0.25) is 0 Å². The molecule has 0 amide bonds. The second-order valence-corrected chi connectivity index (χ2v) is 22.1. The van der Waals surface area contributed by atoms with E-state index >= 15 is 0 Å². The van der Waals surface area contributed by atoms with Gasteiger partial charge in [-0.25, -0.2) is 0 Å². The molecule has 0 aromatic heterocycles. The third-order valence-electron chi connectivity index (χ3n) is 12.1. The zero-order valence-corrected chi connectivity index (χ0v) is 41.0. The number of aromatic hydroxyl groups is 2. The van der Waals surface area contributed by atoms with E-state index in [4.69, 9.17) is 9.47 Å². The Morgan fingerprint density at radius 2 is 0.683 bits per heavy atom. The average Bonchev–Trinajstić information content (AvgIpc) is 3.18. The molecule has 0 saturated heterocycles. The molecule has 0 aliphatic carbocycles. The molecule has 0 saturated carbocycles. The van der Waals surface area contributed by atoms with E-state index in [2.05, 4.69) is 159 Å². The van der Waals surface area contributed by atoms with Gasteiger partial charge in [0, 0.05) is 39.8 Å². The van der Waals surface area contributed by atoms with Crippen molar-refractivity contribution in [3.05, 3.63) is 143 Å². The number of benzene rings is 6. The zero-order valence-electron chi connectivity index (χ0n) is 41.0. The van der Waals surface area contributed by atoms with E-state index in [-0.39, 0.29) is 45.4 Å². The minimum Gasteiger partial charge on any atom is -0.507 e. The highest BCUT2D eigenvalue weighted by atomic mass is 16.5. The molecule has 0 spiro atoms. The van der Waals surface area contributed by atoms with Gasteiger partial charge in [0.1, 0.15) is 23.0 Å². The van der Waals surface area contributed by atoms with Crippen LogP contribution in [-0.4, -0.2) is 22.4 Å². The van der Waals surface area contributed by atoms with Crippen molar-refractivity contribution in [2.24, 2.45) is 0 Å². The number of para-hydroxylation sites is 2. The number of aryl methyl sites for hydroxylation is 2. The maximum absolute atomic E-state index is 12.1. The lowest BCUT2D eigenvalue weighted by Crippen LogP contribution is -2.23. The van der Waals surface area contributed by atoms with Crippen molar-refractivity contribution >= 4 is 0 Å². The molecule has 0 aliphatic heterocycles. The smallest absolute Gasteiger partial charge is 0.131 e. The number of hydrogen-bond donors (Lipinski definition) is 2. The Labute approximate surface area is 379 Å². The second kappa shape index (κ2) is 17.6. The lowest BCUT2D eigenvalue weighted by atomic mass is 9.78. The van der Waals surface area contributed by atoms with Gasteiger partial charge in [-0.3, -0.25) is 0 Å². The summed E-state index contributed by atoms with van der Waals surface area (Å²) in [7, 11) is 0. The van der Waals surface area contributed by atoms with Crippen molar-refractivity contribution < 1.29 is 19.7 Å². The normalized spacial score (nSPS) is 13.5. The molecule has 4 heteroatoms. The standard InChI is InChI=1S/C59H72O4/c1-36-25-48(40-30-42(56(5,6)7)34-43(31-40)57(8,9)10)54(60)50(27-36)46-21-17-19-23-52(46)62-38(3)29-39(4)63-53-24-20-18-22-47(53)51-28-37(2)26-49(55(51)61)41-32-44(58(11,12)13)35-45(33-41)59(14,15)16/h17-28,30-35,38-39,60-61H,29H2,1-16H3. The lowest BCUT2D eigenvalue weighted by Gasteiger charge is -2.27. The van der Waals surface area contributed by atoms with Crippen LogP contribution in [-0.2, 0) is 21.7 Å². The Morgan fingerprint density at radius 3 is 0.984 bits per heavy atom. The number of phenolic OH excluding ortho intramolecular Hbond substituents is 2. The quantitative estimate of drug-likeness (QED) is 0.144. The highest BCUT2D eigenvalue weighted by Gasteiger charge is 2.26. The largest absolute Gasteiger partial charge is 0.507 e. The summed E-state index contributed by atoms with van der Waals surface area (Å²) >= 11 is 0. The summed E-state index contributed by atoms with van der Waals surface area (Å²) in [5.74, 6) is 1.88. The van der Waals surface area contributed by atoms with Gasteiger partial charge in [0.05, 0.1) is 12.2 Å². The maximum Gasteiger partial charge on any atom is 0.131 e. The molecule has 6 aromatic carbocycles. The van der Waals surface area contributed by atoms with Gasteiger partial charge in [-0.15, -0.1) is 0 Å². The highest BCUT2D eigenvalue weighted by Crippen LogP contribution is 2.47. The van der Waals surface area contributed by atoms with Gasteiger partial charge in [-0.05, 0) is 130 Å². The fraction of sp³-hybridized carbons (Fsp3) is 0.390. The average molecular weight is 845 g/mol. The summed E-state index contributed by atoms with van der Waals surface area (Å²) in [6, 6.07) is 37.7. The van der Waals surface area contributed by atoms with Gasteiger partial charge in [0.25, 0.3) is 0 Å². The van der Waals surface area contributed by atoms with Crippen molar-refractivity contribution in [1.29, 1.82) is 0 Å². The maximum atomic E-state index is 12.1. The monoisotopic (exact) mass is 845 g/mol. The van der Waals surface area contributed by atoms with Gasteiger partial charge >= 0.3 is 0 Å². The number of rotatable bonds is 10. The van der Waals surface area contributed by atoms with Crippen LogP contribution in [0.5, 0.6) is 23.0 Å². The summed E-state index contributed by atoms with van der Waals surface area (Å²) in [5.41, 5.74) is 13.6. The van der Waals surface area contributed by atoms with E-state index in [1.807, 2.05) is 60.7 Å². The molecule has 2 atom stereocenters. The molecule has 332 valence electrons. The van der Waals surface area contributed by atoms with Crippen LogP contribution in [0, 0.1) is 13.8 Å². The predicted octanol–water partition coefficient (Wildman–Crippen LogP) is 16.2. The molecule has 0 bridgehead atoms. The Hall–Kier alpha value is -5.48. The molecule has 2 unspecified atom stereocenters. The van der Waals surface area contributed by atoms with Crippen molar-refractivity contribution in [2.75, 3.05) is 0 Å². The molecular formula is C59H72O4. The second-order valence-electron chi connectivity index (χ2n) is 22.1. The number of ether oxygens (including phenoxy) is 2. The van der Waals surface area contributed by atoms with Gasteiger partial charge < -0.3 is 19.7 Å². The van der Waals surface area contributed by atoms with E-state index in [1.54, 1.807) is 0 Å². The first kappa shape index (κ1) is 47.0. The highest BCUT2D eigenvalue weighted by molar-refractivity contribution is 5.87. The lowest BCUT2D eigenvalue weighted by molar-refractivity contribution is 0.131. The zero-order chi connectivity index (χ0) is 46.4. The topological polar surface area (TPSA) is 58.9 Å². The van der Waals surface area contributed by atoms with Crippen LogP contribution in [0.15, 0.2) is 109 Å². The van der Waals surface area contributed by atoms with Gasteiger partial charge in [-0.1, -0.05) is 156 Å². The van der Waals surface area contributed by atoms with Gasteiger partial charge in [-0.2, -0.15) is 0 Å². The van der Waals surface area contributed by atoms with E-state index < -0.39 is 0 Å². The van der Waals surface area contributed by atoms with E-state index in [0.29, 0.717) is 17.9 Å². The Kier molecular flexibility index (Phi) is 13.1. The van der Waals surface area contributed by atoms with Crippen molar-refractivity contribution in [1.82, 2.24) is 0 Å². The molecule has 0 heterocycles. The first-order valence-electron chi connectivity index (χ1n) is 22.7. The Morgan fingerprint density at radius 1 is 0.397 bits per heavy atom. The summed E-state index contributed by atoms with van der Waals surface area (Å²) < 4.78 is 13.5. The van der Waals surface area contributed by atoms with E-state index in [0.717, 1.165) is 55.6 Å². The summed E-state index contributed by atoms with van der Waals surface area (Å²) in [5, 5.41) is 24.2. The van der Waals surface area contributed by atoms with Crippen LogP contribution >= 0.6 is 0 Å². The molecule has 6 rings (SSSR count). The fourth-order valence-electron chi connectivity index (χ4n) is 8.29. The molecule has 0 radical (unpaired) electrons. The molecule has 63 heavy (non-hydrogen) atoms. The van der Waals surface area contributed by atoms with Crippen molar-refractivity contribution in [3.63, 3.8) is 0 Å². The molecular weight excluding hydrogens is 773 g/mol. The van der Waals surface area contributed by atoms with E-state index in [9.17, 15) is 10.2 Å². The first-order chi connectivity index (χ1) is 29.2. The fourth-order valence-corrected chi connectivity index (χ4v) is 8.29. The molecule has 6 aromatic rings. The van der Waals surface area contributed by atoms with Crippen LogP contribution < -0.4 is 9.47 Å². The summed E-state index contributed by atoms with van der Waals surface area (Å²) in [6.45, 7) is 35.1.